The van der Waals surface area contributed by atoms with Crippen LogP contribution in [0.2, 0.25) is 0 Å². The summed E-state index contributed by atoms with van der Waals surface area (Å²) in [5.74, 6) is 1.29. The minimum Gasteiger partial charge on any atom is -0.368 e. The number of nitrogens with one attached hydrogen (secondary N) is 1. The van der Waals surface area contributed by atoms with Gasteiger partial charge >= 0.3 is 0 Å². The van der Waals surface area contributed by atoms with Gasteiger partial charge in [0.15, 0.2) is 0 Å². The Hall–Kier alpha value is -2.44. The van der Waals surface area contributed by atoms with E-state index < -0.39 is 0 Å². The Bertz CT molecular complexity index is 578. The molecule has 0 bridgehead atoms. The third-order valence-electron chi connectivity index (χ3n) is 3.11. The van der Waals surface area contributed by atoms with Crippen LogP contribution in [0.1, 0.15) is 25.1 Å². The molecule has 7 nitrogen and oxygen atoms in total. The Balaban J connectivity index is 2.10. The highest BCUT2D eigenvalue weighted by molar-refractivity contribution is 5.42. The van der Waals surface area contributed by atoms with E-state index in [0.717, 1.165) is 24.3 Å². The van der Waals surface area contributed by atoms with Gasteiger partial charge in [-0.25, -0.2) is 0 Å². The minimum absolute atomic E-state index is 0.219. The lowest BCUT2D eigenvalue weighted by atomic mass is 10.2. The van der Waals surface area contributed by atoms with Crippen molar-refractivity contribution in [3.63, 3.8) is 0 Å². The van der Waals surface area contributed by atoms with Gasteiger partial charge in [0, 0.05) is 31.5 Å². The number of aromatic nitrogens is 4. The lowest BCUT2D eigenvalue weighted by Gasteiger charge is -2.19. The molecular weight excluding hydrogens is 266 g/mol. The van der Waals surface area contributed by atoms with E-state index in [9.17, 15) is 0 Å². The molecule has 0 spiro atoms. The zero-order valence-corrected chi connectivity index (χ0v) is 12.7. The first-order valence-corrected chi connectivity index (χ1v) is 7.04. The Morgan fingerprint density at radius 2 is 1.90 bits per heavy atom. The SMILES string of the molecule is CCN(CC)c1nc(N)nc(NCc2ccc(C)nc2)n1. The number of pyridine rings is 1. The molecule has 0 saturated carbocycles. The summed E-state index contributed by atoms with van der Waals surface area (Å²) in [5.41, 5.74) is 7.81. The molecule has 0 aliphatic heterocycles. The standard InChI is InChI=1S/C14H21N7/c1-4-21(5-2)14-19-12(15)18-13(20-14)17-9-11-7-6-10(3)16-8-11/h6-8H,4-5,9H2,1-3H3,(H3,15,17,18,19,20). The topological polar surface area (TPSA) is 92.9 Å². The predicted octanol–water partition coefficient (Wildman–Crippen LogP) is 1.62. The molecule has 0 atom stereocenters. The number of rotatable bonds is 6. The number of anilines is 3. The summed E-state index contributed by atoms with van der Waals surface area (Å²) >= 11 is 0. The van der Waals surface area contributed by atoms with Gasteiger partial charge in [-0.05, 0) is 32.4 Å². The van der Waals surface area contributed by atoms with Crippen LogP contribution in [0.4, 0.5) is 17.8 Å². The van der Waals surface area contributed by atoms with E-state index in [1.807, 2.05) is 30.2 Å². The lowest BCUT2D eigenvalue weighted by molar-refractivity contribution is 0.814. The van der Waals surface area contributed by atoms with Gasteiger partial charge in [0.1, 0.15) is 0 Å². The average Bonchev–Trinajstić information content (AvgIpc) is 2.47. The summed E-state index contributed by atoms with van der Waals surface area (Å²) < 4.78 is 0. The first kappa shape index (κ1) is 15.0. The molecule has 3 N–H and O–H groups in total. The largest absolute Gasteiger partial charge is 0.368 e. The molecule has 112 valence electrons. The fourth-order valence-electron chi connectivity index (χ4n) is 1.89. The van der Waals surface area contributed by atoms with Crippen LogP contribution in [-0.2, 0) is 6.54 Å². The summed E-state index contributed by atoms with van der Waals surface area (Å²) in [7, 11) is 0. The molecule has 0 aliphatic rings. The first-order valence-electron chi connectivity index (χ1n) is 7.04. The maximum absolute atomic E-state index is 5.75. The second-order valence-electron chi connectivity index (χ2n) is 4.65. The molecule has 0 amide bonds. The van der Waals surface area contributed by atoms with Crippen molar-refractivity contribution in [3.05, 3.63) is 29.6 Å². The number of hydrogen-bond acceptors (Lipinski definition) is 7. The van der Waals surface area contributed by atoms with E-state index >= 15 is 0 Å². The van der Waals surface area contributed by atoms with E-state index in [1.54, 1.807) is 0 Å². The van der Waals surface area contributed by atoms with Crippen LogP contribution in [0.3, 0.4) is 0 Å². The molecule has 0 aromatic carbocycles. The van der Waals surface area contributed by atoms with Crippen LogP contribution in [-0.4, -0.2) is 33.0 Å². The van der Waals surface area contributed by atoms with Crippen molar-refractivity contribution >= 4 is 17.8 Å². The molecule has 0 unspecified atom stereocenters. The van der Waals surface area contributed by atoms with Crippen LogP contribution >= 0.6 is 0 Å². The Morgan fingerprint density at radius 1 is 1.14 bits per heavy atom. The molecule has 0 radical (unpaired) electrons. The van der Waals surface area contributed by atoms with Gasteiger partial charge in [0.2, 0.25) is 17.8 Å². The van der Waals surface area contributed by atoms with Gasteiger partial charge in [-0.3, -0.25) is 4.98 Å². The van der Waals surface area contributed by atoms with Gasteiger partial charge in [-0.2, -0.15) is 15.0 Å². The highest BCUT2D eigenvalue weighted by Crippen LogP contribution is 2.12. The molecule has 21 heavy (non-hydrogen) atoms. The molecule has 0 fully saturated rings. The second kappa shape index (κ2) is 6.83. The van der Waals surface area contributed by atoms with Gasteiger partial charge in [0.25, 0.3) is 0 Å². The van der Waals surface area contributed by atoms with E-state index in [1.165, 1.54) is 0 Å². The van der Waals surface area contributed by atoms with Crippen molar-refractivity contribution in [2.75, 3.05) is 29.0 Å². The van der Waals surface area contributed by atoms with Gasteiger partial charge in [-0.1, -0.05) is 6.07 Å². The highest BCUT2D eigenvalue weighted by Gasteiger charge is 2.09. The van der Waals surface area contributed by atoms with E-state index in [4.69, 9.17) is 5.73 Å². The fraction of sp³-hybridized carbons (Fsp3) is 0.429. The van der Waals surface area contributed by atoms with Crippen LogP contribution in [0, 0.1) is 6.92 Å². The molecule has 2 aromatic heterocycles. The van der Waals surface area contributed by atoms with Crippen molar-refractivity contribution in [3.8, 4) is 0 Å². The zero-order valence-electron chi connectivity index (χ0n) is 12.7. The first-order chi connectivity index (χ1) is 10.1. The molecule has 7 heteroatoms. The molecular formula is C14H21N7. The fourth-order valence-corrected chi connectivity index (χ4v) is 1.89. The molecule has 0 saturated heterocycles. The van der Waals surface area contributed by atoms with Crippen molar-refractivity contribution in [2.45, 2.75) is 27.3 Å². The van der Waals surface area contributed by atoms with E-state index in [2.05, 4.69) is 39.1 Å². The normalized spacial score (nSPS) is 10.4. The molecule has 2 rings (SSSR count). The Morgan fingerprint density at radius 3 is 2.52 bits per heavy atom. The van der Waals surface area contributed by atoms with Crippen LogP contribution in [0.25, 0.3) is 0 Å². The van der Waals surface area contributed by atoms with Crippen molar-refractivity contribution in [1.29, 1.82) is 0 Å². The third-order valence-corrected chi connectivity index (χ3v) is 3.11. The van der Waals surface area contributed by atoms with Crippen LogP contribution < -0.4 is 16.0 Å². The van der Waals surface area contributed by atoms with Gasteiger partial charge in [-0.15, -0.1) is 0 Å². The van der Waals surface area contributed by atoms with Crippen LogP contribution in [0.5, 0.6) is 0 Å². The zero-order chi connectivity index (χ0) is 15.2. The van der Waals surface area contributed by atoms with E-state index in [-0.39, 0.29) is 5.95 Å². The summed E-state index contributed by atoms with van der Waals surface area (Å²) in [6.45, 7) is 8.29. The lowest BCUT2D eigenvalue weighted by Crippen LogP contribution is -2.25. The Labute approximate surface area is 124 Å². The average molecular weight is 287 g/mol. The number of nitrogen functional groups attached to an aromatic ring is 1. The summed E-state index contributed by atoms with van der Waals surface area (Å²) in [6.07, 6.45) is 1.83. The van der Waals surface area contributed by atoms with Gasteiger partial charge < -0.3 is 16.0 Å². The van der Waals surface area contributed by atoms with E-state index in [0.29, 0.717) is 18.4 Å². The van der Waals surface area contributed by atoms with Crippen molar-refractivity contribution in [2.24, 2.45) is 0 Å². The number of hydrogen-bond donors (Lipinski definition) is 2. The third kappa shape index (κ3) is 4.01. The van der Waals surface area contributed by atoms with Gasteiger partial charge in [0.05, 0.1) is 0 Å². The summed E-state index contributed by atoms with van der Waals surface area (Å²) in [5, 5.41) is 3.16. The predicted molar refractivity (Wildman–Crippen MR) is 84.1 cm³/mol. The number of aryl methyl sites for hydroxylation is 1. The summed E-state index contributed by atoms with van der Waals surface area (Å²) in [4.78, 5) is 19.0. The summed E-state index contributed by atoms with van der Waals surface area (Å²) in [6, 6.07) is 3.99. The second-order valence-corrected chi connectivity index (χ2v) is 4.65. The molecule has 2 aromatic rings. The van der Waals surface area contributed by atoms with Crippen molar-refractivity contribution in [1.82, 2.24) is 19.9 Å². The number of nitrogens with two attached hydrogens (primary N) is 1. The van der Waals surface area contributed by atoms with Crippen molar-refractivity contribution < 1.29 is 0 Å². The molecule has 2 heterocycles. The minimum atomic E-state index is 0.219. The smallest absolute Gasteiger partial charge is 0.231 e. The highest BCUT2D eigenvalue weighted by atomic mass is 15.3. The quantitative estimate of drug-likeness (QED) is 0.833. The van der Waals surface area contributed by atoms with Crippen LogP contribution in [0.15, 0.2) is 18.3 Å². The monoisotopic (exact) mass is 287 g/mol. The maximum Gasteiger partial charge on any atom is 0.231 e. The molecule has 0 aliphatic carbocycles. The Kier molecular flexibility index (Phi) is 4.86. The number of nitrogens with zero attached hydrogens (tertiary/aromatic N) is 5. The maximum atomic E-state index is 5.75.